The lowest BCUT2D eigenvalue weighted by Gasteiger charge is -2.26. The van der Waals surface area contributed by atoms with Gasteiger partial charge in [-0.05, 0) is 39.7 Å². The Morgan fingerprint density at radius 3 is 2.65 bits per heavy atom. The van der Waals surface area contributed by atoms with Crippen molar-refractivity contribution in [3.63, 3.8) is 0 Å². The first-order valence-corrected chi connectivity index (χ1v) is 8.77. The molecule has 1 N–H and O–H groups in total. The summed E-state index contributed by atoms with van der Waals surface area (Å²) in [6.45, 7) is 1.46. The third-order valence-electron chi connectivity index (χ3n) is 3.95. The first-order chi connectivity index (χ1) is 12.4. The lowest BCUT2D eigenvalue weighted by Crippen LogP contribution is -2.36. The Morgan fingerprint density at radius 1 is 1.23 bits per heavy atom. The number of hydrogen-bond donors (Lipinski definition) is 1. The molecule has 0 fully saturated rings. The number of benzene rings is 1. The molecule has 5 nitrogen and oxygen atoms in total. The van der Waals surface area contributed by atoms with Gasteiger partial charge in [0, 0.05) is 12.8 Å². The van der Waals surface area contributed by atoms with Gasteiger partial charge in [-0.2, -0.15) is 0 Å². The second kappa shape index (κ2) is 7.78. The van der Waals surface area contributed by atoms with Gasteiger partial charge in [0.1, 0.15) is 18.1 Å². The molecule has 2 aliphatic rings. The predicted molar refractivity (Wildman–Crippen MR) is 99.4 cm³/mol. The number of rotatable bonds is 4. The van der Waals surface area contributed by atoms with Gasteiger partial charge in [0.15, 0.2) is 5.78 Å². The molecule has 0 saturated carbocycles. The fourth-order valence-electron chi connectivity index (χ4n) is 2.70. The number of nitrogens with one attached hydrogen (secondary N) is 1. The van der Waals surface area contributed by atoms with Gasteiger partial charge in [-0.1, -0.05) is 30.3 Å². The van der Waals surface area contributed by atoms with Gasteiger partial charge >= 0.3 is 6.09 Å². The number of allylic oxidation sites excluding steroid dienone is 3. The Morgan fingerprint density at radius 2 is 1.96 bits per heavy atom. The van der Waals surface area contributed by atoms with E-state index in [-0.39, 0.29) is 29.7 Å². The van der Waals surface area contributed by atoms with Crippen LogP contribution in [0.2, 0.25) is 0 Å². The van der Waals surface area contributed by atoms with E-state index in [0.29, 0.717) is 4.48 Å². The number of carbonyl (C=O) groups excluding carboxylic acids is 2. The number of hydrogen-bond acceptors (Lipinski definition) is 4. The zero-order valence-corrected chi connectivity index (χ0v) is 15.5. The van der Waals surface area contributed by atoms with Gasteiger partial charge in [-0.25, -0.2) is 9.18 Å². The van der Waals surface area contributed by atoms with Crippen LogP contribution in [0.15, 0.2) is 69.6 Å². The Balaban J connectivity index is 1.73. The molecular formula is C19H16BrFN2O3. The summed E-state index contributed by atoms with van der Waals surface area (Å²) in [5.41, 5.74) is 1.20. The molecule has 26 heavy (non-hydrogen) atoms. The van der Waals surface area contributed by atoms with E-state index in [2.05, 4.69) is 26.2 Å². The van der Waals surface area contributed by atoms with Crippen molar-refractivity contribution in [3.05, 3.63) is 70.1 Å². The van der Waals surface area contributed by atoms with Crippen LogP contribution in [0.5, 0.6) is 0 Å². The van der Waals surface area contributed by atoms with Crippen LogP contribution in [0.4, 0.5) is 9.18 Å². The Labute approximate surface area is 158 Å². The summed E-state index contributed by atoms with van der Waals surface area (Å²) in [5, 5.41) is 2.54. The van der Waals surface area contributed by atoms with Gasteiger partial charge in [-0.15, -0.1) is 0 Å². The summed E-state index contributed by atoms with van der Waals surface area (Å²) in [4.78, 5) is 28.3. The largest absolute Gasteiger partial charge is 0.444 e. The Hall–Kier alpha value is -2.54. The number of aliphatic imine (C=N–C) groups is 1. The zero-order valence-electron chi connectivity index (χ0n) is 13.9. The van der Waals surface area contributed by atoms with Crippen molar-refractivity contribution < 1.29 is 18.7 Å². The van der Waals surface area contributed by atoms with Crippen molar-refractivity contribution >= 4 is 33.5 Å². The summed E-state index contributed by atoms with van der Waals surface area (Å²) >= 11 is 3.12. The zero-order chi connectivity index (χ0) is 18.7. The lowest BCUT2D eigenvalue weighted by molar-refractivity contribution is -0.111. The molecule has 1 aromatic carbocycles. The highest BCUT2D eigenvalue weighted by atomic mass is 79.9. The SMILES string of the molecule is CC(=O)C1=NC2C=C(Br)C(F)=CC2C=C1NC(=O)OCc1ccccc1. The van der Waals surface area contributed by atoms with Crippen LogP contribution in [0.1, 0.15) is 12.5 Å². The fourth-order valence-corrected chi connectivity index (χ4v) is 3.10. The van der Waals surface area contributed by atoms with Crippen molar-refractivity contribution in [1.82, 2.24) is 5.32 Å². The number of halogens is 2. The number of nitrogens with zero attached hydrogens (tertiary/aromatic N) is 1. The number of amides is 1. The number of ketones is 1. The normalized spacial score (nSPS) is 21.5. The van der Waals surface area contributed by atoms with E-state index in [1.54, 1.807) is 12.2 Å². The molecule has 2 atom stereocenters. The second-order valence-electron chi connectivity index (χ2n) is 5.90. The van der Waals surface area contributed by atoms with Crippen LogP contribution in [0.25, 0.3) is 0 Å². The van der Waals surface area contributed by atoms with Crippen LogP contribution in [0, 0.1) is 5.92 Å². The summed E-state index contributed by atoms with van der Waals surface area (Å²) < 4.78 is 19.3. The minimum atomic E-state index is -0.704. The number of dihydropyridines is 1. The molecule has 0 aromatic heterocycles. The molecule has 1 heterocycles. The van der Waals surface area contributed by atoms with Crippen molar-refractivity contribution in [2.24, 2.45) is 10.9 Å². The third-order valence-corrected chi connectivity index (χ3v) is 4.60. The van der Waals surface area contributed by atoms with Crippen LogP contribution >= 0.6 is 15.9 Å². The van der Waals surface area contributed by atoms with Crippen molar-refractivity contribution in [2.45, 2.75) is 19.6 Å². The predicted octanol–water partition coefficient (Wildman–Crippen LogP) is 3.97. The molecule has 3 rings (SSSR count). The highest BCUT2D eigenvalue weighted by molar-refractivity contribution is 9.11. The quantitative estimate of drug-likeness (QED) is 0.803. The molecule has 1 aromatic rings. The summed E-state index contributed by atoms with van der Waals surface area (Å²) in [5.74, 6) is -1.09. The molecule has 1 aliphatic heterocycles. The molecule has 7 heteroatoms. The maximum Gasteiger partial charge on any atom is 0.412 e. The summed E-state index contributed by atoms with van der Waals surface area (Å²) in [6.07, 6.45) is 3.91. The van der Waals surface area contributed by atoms with Crippen LogP contribution in [-0.4, -0.2) is 23.6 Å². The van der Waals surface area contributed by atoms with E-state index < -0.39 is 18.0 Å². The van der Waals surface area contributed by atoms with E-state index in [0.717, 1.165) is 5.56 Å². The molecule has 0 saturated heterocycles. The second-order valence-corrected chi connectivity index (χ2v) is 6.75. The summed E-state index contributed by atoms with van der Waals surface area (Å²) in [6, 6.07) is 8.83. The lowest BCUT2D eigenvalue weighted by atomic mass is 9.90. The van der Waals surface area contributed by atoms with E-state index in [4.69, 9.17) is 4.74 Å². The van der Waals surface area contributed by atoms with E-state index in [9.17, 15) is 14.0 Å². The fraction of sp³-hybridized carbons (Fsp3) is 0.211. The molecule has 0 spiro atoms. The molecule has 2 unspecified atom stereocenters. The minimum absolute atomic E-state index is 0.1000. The van der Waals surface area contributed by atoms with Gasteiger partial charge < -0.3 is 4.74 Å². The molecule has 0 radical (unpaired) electrons. The number of ether oxygens (including phenoxy) is 1. The maximum absolute atomic E-state index is 13.8. The van der Waals surface area contributed by atoms with Gasteiger partial charge in [0.05, 0.1) is 16.2 Å². The average molecular weight is 419 g/mol. The summed E-state index contributed by atoms with van der Waals surface area (Å²) in [7, 11) is 0. The van der Waals surface area contributed by atoms with Crippen molar-refractivity contribution in [1.29, 1.82) is 0 Å². The molecule has 0 bridgehead atoms. The van der Waals surface area contributed by atoms with E-state index >= 15 is 0 Å². The molecule has 1 amide bonds. The number of Topliss-reactive ketones (excluding diaryl/α,β-unsaturated/α-hetero) is 1. The Kier molecular flexibility index (Phi) is 5.46. The highest BCUT2D eigenvalue weighted by Gasteiger charge is 2.30. The first kappa shape index (κ1) is 18.3. The monoisotopic (exact) mass is 418 g/mol. The maximum atomic E-state index is 13.8. The van der Waals surface area contributed by atoms with E-state index in [1.807, 2.05) is 30.3 Å². The standard InChI is InChI=1S/C19H16BrFN2O3/c1-11(24)18-17(8-13-7-15(21)14(20)9-16(13)22-18)23-19(25)26-10-12-5-3-2-4-6-12/h2-9,13,16H,10H2,1H3,(H,23,25). The van der Waals surface area contributed by atoms with Gasteiger partial charge in [-0.3, -0.25) is 15.1 Å². The third kappa shape index (κ3) is 4.16. The molecular weight excluding hydrogens is 403 g/mol. The topological polar surface area (TPSA) is 67.8 Å². The van der Waals surface area contributed by atoms with Crippen LogP contribution in [0.3, 0.4) is 0 Å². The smallest absolute Gasteiger partial charge is 0.412 e. The van der Waals surface area contributed by atoms with Crippen LogP contribution in [-0.2, 0) is 16.1 Å². The van der Waals surface area contributed by atoms with Crippen molar-refractivity contribution in [2.75, 3.05) is 0 Å². The first-order valence-electron chi connectivity index (χ1n) is 7.97. The van der Waals surface area contributed by atoms with Gasteiger partial charge in [0.25, 0.3) is 0 Å². The van der Waals surface area contributed by atoms with Crippen molar-refractivity contribution in [3.8, 4) is 0 Å². The average Bonchev–Trinajstić information content (AvgIpc) is 2.61. The number of fused-ring (bicyclic) bond motifs is 1. The van der Waals surface area contributed by atoms with Gasteiger partial charge in [0.2, 0.25) is 0 Å². The Bertz CT molecular complexity index is 859. The van der Waals surface area contributed by atoms with Crippen LogP contribution < -0.4 is 5.32 Å². The molecule has 134 valence electrons. The number of alkyl carbamates (subject to hydrolysis) is 1. The molecule has 1 aliphatic carbocycles. The highest BCUT2D eigenvalue weighted by Crippen LogP contribution is 2.33. The van der Waals surface area contributed by atoms with E-state index in [1.165, 1.54) is 13.0 Å². The minimum Gasteiger partial charge on any atom is -0.444 e. The number of carbonyl (C=O) groups is 2.